The van der Waals surface area contributed by atoms with Gasteiger partial charge in [0.2, 0.25) is 11.8 Å². The summed E-state index contributed by atoms with van der Waals surface area (Å²) in [6, 6.07) is 7.69. The fourth-order valence-corrected chi connectivity index (χ4v) is 3.19. The molecule has 0 spiro atoms. The summed E-state index contributed by atoms with van der Waals surface area (Å²) in [7, 11) is 0. The van der Waals surface area contributed by atoms with Gasteiger partial charge in [-0.1, -0.05) is 24.6 Å². The third-order valence-electron chi connectivity index (χ3n) is 3.97. The maximum Gasteiger partial charge on any atom is 0.234 e. The van der Waals surface area contributed by atoms with Gasteiger partial charge in [0.25, 0.3) is 0 Å². The number of nitrogens with zero attached hydrogens (tertiary/aromatic N) is 2. The van der Waals surface area contributed by atoms with Crippen molar-refractivity contribution in [2.45, 2.75) is 13.8 Å². The average Bonchev–Trinajstić information content (AvgIpc) is 2.57. The first kappa shape index (κ1) is 17.8. The lowest BCUT2D eigenvalue weighted by atomic mass is 10.2. The van der Waals surface area contributed by atoms with Crippen molar-refractivity contribution in [1.29, 1.82) is 0 Å². The van der Waals surface area contributed by atoms with E-state index in [0.717, 1.165) is 44.0 Å². The van der Waals surface area contributed by atoms with E-state index in [9.17, 15) is 9.59 Å². The average molecular weight is 335 g/mol. The molecule has 0 bridgehead atoms. The number of piperazine rings is 1. The van der Waals surface area contributed by atoms with Crippen LogP contribution in [0.3, 0.4) is 0 Å². The highest BCUT2D eigenvalue weighted by Gasteiger charge is 2.20. The van der Waals surface area contributed by atoms with Crippen molar-refractivity contribution in [3.63, 3.8) is 0 Å². The maximum atomic E-state index is 12.1. The van der Waals surface area contributed by atoms with E-state index in [0.29, 0.717) is 11.5 Å². The van der Waals surface area contributed by atoms with Gasteiger partial charge in [-0.3, -0.25) is 9.59 Å². The standard InChI is InChI=1S/C17H25N3O2S/c1-3-19-8-10-20(11-9-19)17(22)13-23-12-16(21)18-15-6-4-14(2)5-7-15/h4-7H,3,8-13H2,1-2H3,(H,18,21). The Balaban J connectivity index is 1.65. The van der Waals surface area contributed by atoms with Gasteiger partial charge in [-0.25, -0.2) is 0 Å². The van der Waals surface area contributed by atoms with E-state index in [4.69, 9.17) is 0 Å². The van der Waals surface area contributed by atoms with Crippen molar-refractivity contribution in [2.24, 2.45) is 0 Å². The molecule has 0 saturated carbocycles. The number of anilines is 1. The van der Waals surface area contributed by atoms with Crippen LogP contribution >= 0.6 is 11.8 Å². The summed E-state index contributed by atoms with van der Waals surface area (Å²) in [6.07, 6.45) is 0. The second kappa shape index (κ2) is 8.93. The van der Waals surface area contributed by atoms with E-state index in [1.54, 1.807) is 0 Å². The number of hydrogen-bond acceptors (Lipinski definition) is 4. The van der Waals surface area contributed by atoms with E-state index in [2.05, 4.69) is 17.1 Å². The Kier molecular flexibility index (Phi) is 6.92. The number of amides is 2. The monoisotopic (exact) mass is 335 g/mol. The van der Waals surface area contributed by atoms with Crippen LogP contribution in [-0.4, -0.2) is 65.8 Å². The fraction of sp³-hybridized carbons (Fsp3) is 0.529. The summed E-state index contributed by atoms with van der Waals surface area (Å²) in [5, 5.41) is 2.84. The first-order valence-electron chi connectivity index (χ1n) is 8.03. The highest BCUT2D eigenvalue weighted by Crippen LogP contribution is 2.11. The Morgan fingerprint density at radius 1 is 1.09 bits per heavy atom. The van der Waals surface area contributed by atoms with E-state index in [1.807, 2.05) is 36.1 Å². The molecule has 126 valence electrons. The van der Waals surface area contributed by atoms with Crippen LogP contribution in [0.2, 0.25) is 0 Å². The molecule has 5 nitrogen and oxygen atoms in total. The number of likely N-dealkylation sites (N-methyl/N-ethyl adjacent to an activating group) is 1. The van der Waals surface area contributed by atoms with Gasteiger partial charge in [-0.2, -0.15) is 0 Å². The molecule has 23 heavy (non-hydrogen) atoms. The zero-order valence-electron chi connectivity index (χ0n) is 13.9. The first-order valence-corrected chi connectivity index (χ1v) is 9.18. The molecule has 0 aromatic heterocycles. The molecule has 1 aliphatic heterocycles. The molecule has 1 heterocycles. The molecule has 0 aliphatic carbocycles. The van der Waals surface area contributed by atoms with Crippen LogP contribution < -0.4 is 5.32 Å². The summed E-state index contributed by atoms with van der Waals surface area (Å²) >= 11 is 1.38. The Morgan fingerprint density at radius 3 is 2.35 bits per heavy atom. The van der Waals surface area contributed by atoms with Gasteiger partial charge >= 0.3 is 0 Å². The molecule has 0 atom stereocenters. The number of thioether (sulfide) groups is 1. The number of carbonyl (C=O) groups is 2. The second-order valence-corrected chi connectivity index (χ2v) is 6.71. The van der Waals surface area contributed by atoms with Gasteiger partial charge in [-0.05, 0) is 25.6 Å². The minimum Gasteiger partial charge on any atom is -0.339 e. The summed E-state index contributed by atoms with van der Waals surface area (Å²) in [6.45, 7) is 8.66. The Morgan fingerprint density at radius 2 is 1.74 bits per heavy atom. The molecular weight excluding hydrogens is 310 g/mol. The topological polar surface area (TPSA) is 52.7 Å². The van der Waals surface area contributed by atoms with Crippen LogP contribution in [-0.2, 0) is 9.59 Å². The molecule has 2 amide bonds. The highest BCUT2D eigenvalue weighted by molar-refractivity contribution is 8.00. The van der Waals surface area contributed by atoms with Crippen molar-refractivity contribution in [3.8, 4) is 0 Å². The first-order chi connectivity index (χ1) is 11.1. The molecule has 1 aromatic rings. The third kappa shape index (κ3) is 5.88. The number of aryl methyl sites for hydroxylation is 1. The van der Waals surface area contributed by atoms with Crippen molar-refractivity contribution in [2.75, 3.05) is 49.5 Å². The van der Waals surface area contributed by atoms with Crippen molar-refractivity contribution in [3.05, 3.63) is 29.8 Å². The van der Waals surface area contributed by atoms with Crippen LogP contribution in [0.1, 0.15) is 12.5 Å². The number of rotatable bonds is 6. The Labute approximate surface area is 142 Å². The van der Waals surface area contributed by atoms with E-state index in [1.165, 1.54) is 11.8 Å². The quantitative estimate of drug-likeness (QED) is 0.862. The lowest BCUT2D eigenvalue weighted by Gasteiger charge is -2.34. The summed E-state index contributed by atoms with van der Waals surface area (Å²) in [5.74, 6) is 0.735. The van der Waals surface area contributed by atoms with E-state index < -0.39 is 0 Å². The second-order valence-electron chi connectivity index (χ2n) is 5.72. The van der Waals surface area contributed by atoms with Gasteiger partial charge in [-0.15, -0.1) is 11.8 Å². The molecule has 1 N–H and O–H groups in total. The van der Waals surface area contributed by atoms with E-state index >= 15 is 0 Å². The van der Waals surface area contributed by atoms with Gasteiger partial charge in [0.05, 0.1) is 11.5 Å². The molecular formula is C17H25N3O2S. The Bertz CT molecular complexity index is 525. The molecule has 1 saturated heterocycles. The zero-order chi connectivity index (χ0) is 16.7. The smallest absolute Gasteiger partial charge is 0.234 e. The predicted octanol–water partition coefficient (Wildman–Crippen LogP) is 1.83. The number of benzene rings is 1. The molecule has 1 fully saturated rings. The van der Waals surface area contributed by atoms with Crippen LogP contribution in [0.4, 0.5) is 5.69 Å². The van der Waals surface area contributed by atoms with Crippen LogP contribution in [0, 0.1) is 6.92 Å². The highest BCUT2D eigenvalue weighted by atomic mass is 32.2. The lowest BCUT2D eigenvalue weighted by Crippen LogP contribution is -2.49. The SMILES string of the molecule is CCN1CCN(C(=O)CSCC(=O)Nc2ccc(C)cc2)CC1. The van der Waals surface area contributed by atoms with Crippen LogP contribution in [0.25, 0.3) is 0 Å². The summed E-state index contributed by atoms with van der Waals surface area (Å²) < 4.78 is 0. The number of hydrogen-bond donors (Lipinski definition) is 1. The normalized spacial score (nSPS) is 15.5. The lowest BCUT2D eigenvalue weighted by molar-refractivity contribution is -0.130. The molecule has 0 unspecified atom stereocenters. The number of nitrogens with one attached hydrogen (secondary N) is 1. The zero-order valence-corrected chi connectivity index (χ0v) is 14.7. The largest absolute Gasteiger partial charge is 0.339 e. The van der Waals surface area contributed by atoms with Gasteiger partial charge in [0, 0.05) is 31.9 Å². The van der Waals surface area contributed by atoms with Crippen molar-refractivity contribution >= 4 is 29.3 Å². The van der Waals surface area contributed by atoms with Crippen LogP contribution in [0.15, 0.2) is 24.3 Å². The van der Waals surface area contributed by atoms with Crippen LogP contribution in [0.5, 0.6) is 0 Å². The molecule has 1 aromatic carbocycles. The van der Waals surface area contributed by atoms with E-state index in [-0.39, 0.29) is 11.8 Å². The maximum absolute atomic E-state index is 12.1. The van der Waals surface area contributed by atoms with Gasteiger partial charge in [0.15, 0.2) is 0 Å². The summed E-state index contributed by atoms with van der Waals surface area (Å²) in [5.41, 5.74) is 1.95. The van der Waals surface area contributed by atoms with Gasteiger partial charge < -0.3 is 15.1 Å². The molecule has 0 radical (unpaired) electrons. The molecule has 2 rings (SSSR count). The van der Waals surface area contributed by atoms with Crippen molar-refractivity contribution < 1.29 is 9.59 Å². The third-order valence-corrected chi connectivity index (χ3v) is 4.88. The minimum absolute atomic E-state index is 0.0672. The van der Waals surface area contributed by atoms with Crippen molar-refractivity contribution in [1.82, 2.24) is 9.80 Å². The number of carbonyl (C=O) groups excluding carboxylic acids is 2. The molecule has 1 aliphatic rings. The predicted molar refractivity (Wildman–Crippen MR) is 95.8 cm³/mol. The van der Waals surface area contributed by atoms with Gasteiger partial charge in [0.1, 0.15) is 0 Å². The fourth-order valence-electron chi connectivity index (χ4n) is 2.47. The minimum atomic E-state index is -0.0672. The molecule has 6 heteroatoms. The Hall–Kier alpha value is -1.53. The summed E-state index contributed by atoms with van der Waals surface area (Å²) in [4.78, 5) is 28.2.